The average molecular weight is 388 g/mol. The second-order valence-corrected chi connectivity index (χ2v) is 8.96. The lowest BCUT2D eigenvalue weighted by Crippen LogP contribution is -2.41. The number of rotatable bonds is 5. The maximum Gasteiger partial charge on any atom is 0.175 e. The molecular weight excluding hydrogens is 366 g/mol. The number of fused-ring (bicyclic) bond motifs is 1. The first-order valence-electron chi connectivity index (χ1n) is 7.21. The van der Waals surface area contributed by atoms with Gasteiger partial charge in [0.1, 0.15) is 18.0 Å². The molecule has 1 heterocycles. The van der Waals surface area contributed by atoms with Gasteiger partial charge in [-0.3, -0.25) is 0 Å². The van der Waals surface area contributed by atoms with Gasteiger partial charge in [0.2, 0.25) is 0 Å². The molecule has 0 saturated carbocycles. The Bertz CT molecular complexity index is 545. The van der Waals surface area contributed by atoms with E-state index in [9.17, 15) is 4.55 Å². The zero-order valence-electron chi connectivity index (χ0n) is 13.1. The average Bonchev–Trinajstić information content (AvgIpc) is 2.45. The third kappa shape index (κ3) is 4.19. The molecule has 2 atom stereocenters. The van der Waals surface area contributed by atoms with Gasteiger partial charge in [-0.05, 0) is 60.8 Å². The van der Waals surface area contributed by atoms with Crippen molar-refractivity contribution in [2.24, 2.45) is 0 Å². The largest absolute Gasteiger partial charge is 0.598 e. The van der Waals surface area contributed by atoms with Crippen LogP contribution in [0.1, 0.15) is 38.8 Å². The molecule has 0 saturated heterocycles. The van der Waals surface area contributed by atoms with Crippen LogP contribution < -0.4 is 14.2 Å². The van der Waals surface area contributed by atoms with Crippen molar-refractivity contribution >= 4 is 27.3 Å². The van der Waals surface area contributed by atoms with Gasteiger partial charge in [0.15, 0.2) is 11.5 Å². The minimum atomic E-state index is -1.16. The molecule has 1 aliphatic rings. The summed E-state index contributed by atoms with van der Waals surface area (Å²) < 4.78 is 27.4. The number of hydrogen-bond donors (Lipinski definition) is 1. The molecule has 0 spiro atoms. The zero-order chi connectivity index (χ0) is 16.3. The van der Waals surface area contributed by atoms with Crippen molar-refractivity contribution in [3.8, 4) is 11.5 Å². The summed E-state index contributed by atoms with van der Waals surface area (Å²) in [5, 5.41) is 0. The van der Waals surface area contributed by atoms with Crippen LogP contribution in [-0.4, -0.2) is 22.5 Å². The predicted molar refractivity (Wildman–Crippen MR) is 93.7 cm³/mol. The first-order chi connectivity index (χ1) is 10.3. The number of halogens is 1. The smallest absolute Gasteiger partial charge is 0.175 e. The quantitative estimate of drug-likeness (QED) is 0.614. The van der Waals surface area contributed by atoms with Gasteiger partial charge in [-0.25, -0.2) is 0 Å². The number of ether oxygens (including phenoxy) is 2. The highest BCUT2D eigenvalue weighted by Gasteiger charge is 2.30. The number of benzene rings is 1. The van der Waals surface area contributed by atoms with E-state index in [2.05, 4.69) is 27.2 Å². The summed E-state index contributed by atoms with van der Waals surface area (Å²) in [7, 11) is 0. The molecule has 4 nitrogen and oxygen atoms in total. The zero-order valence-corrected chi connectivity index (χ0v) is 15.6. The van der Waals surface area contributed by atoms with Crippen LogP contribution in [-0.2, 0) is 11.4 Å². The van der Waals surface area contributed by atoms with Crippen LogP contribution in [0.15, 0.2) is 29.3 Å². The second-order valence-electron chi connectivity index (χ2n) is 6.10. The van der Waals surface area contributed by atoms with E-state index in [1.807, 2.05) is 39.0 Å². The molecule has 0 aliphatic carbocycles. The lowest BCUT2D eigenvalue weighted by molar-refractivity contribution is 0.170. The highest BCUT2D eigenvalue weighted by atomic mass is 79.9. The summed E-state index contributed by atoms with van der Waals surface area (Å²) >= 11 is 2.36. The molecular formula is C16H22BrNO3S. The Morgan fingerprint density at radius 3 is 2.73 bits per heavy atom. The summed E-state index contributed by atoms with van der Waals surface area (Å²) in [6.07, 6.45) is 2.50. The van der Waals surface area contributed by atoms with Gasteiger partial charge >= 0.3 is 0 Å². The van der Waals surface area contributed by atoms with Crippen molar-refractivity contribution < 1.29 is 14.0 Å². The number of hydrogen-bond acceptors (Lipinski definition) is 4. The van der Waals surface area contributed by atoms with E-state index in [0.717, 1.165) is 15.8 Å². The van der Waals surface area contributed by atoms with E-state index in [0.29, 0.717) is 25.4 Å². The van der Waals surface area contributed by atoms with Crippen molar-refractivity contribution in [1.29, 1.82) is 0 Å². The molecule has 1 aromatic rings. The Morgan fingerprint density at radius 1 is 1.41 bits per heavy atom. The van der Waals surface area contributed by atoms with Gasteiger partial charge in [0.05, 0.1) is 10.5 Å². The van der Waals surface area contributed by atoms with E-state index < -0.39 is 11.4 Å². The third-order valence-corrected chi connectivity index (χ3v) is 5.43. The lowest BCUT2D eigenvalue weighted by atomic mass is 10.0. The van der Waals surface area contributed by atoms with E-state index in [1.165, 1.54) is 0 Å². The molecule has 0 amide bonds. The maximum absolute atomic E-state index is 12.4. The molecule has 1 unspecified atom stereocenters. The second kappa shape index (κ2) is 7.25. The van der Waals surface area contributed by atoms with Crippen molar-refractivity contribution in [1.82, 2.24) is 4.72 Å². The summed E-state index contributed by atoms with van der Waals surface area (Å²) in [6, 6.07) is 3.83. The molecule has 122 valence electrons. The number of nitrogens with one attached hydrogen (secondary N) is 1. The fourth-order valence-corrected chi connectivity index (χ4v) is 3.48. The first kappa shape index (κ1) is 17.7. The Labute approximate surface area is 143 Å². The van der Waals surface area contributed by atoms with E-state index in [-0.39, 0.29) is 10.8 Å². The van der Waals surface area contributed by atoms with E-state index >= 15 is 0 Å². The predicted octanol–water partition coefficient (Wildman–Crippen LogP) is 3.89. The van der Waals surface area contributed by atoms with Gasteiger partial charge in [0, 0.05) is 11.4 Å². The van der Waals surface area contributed by atoms with Crippen molar-refractivity contribution in [2.75, 3.05) is 13.2 Å². The molecule has 0 aromatic heterocycles. The van der Waals surface area contributed by atoms with Crippen LogP contribution in [0.3, 0.4) is 0 Å². The minimum absolute atomic E-state index is 0.0929. The SMILES string of the molecule is C=CC[C@H](N[S+]([O-])C(C)(C)C)c1cc(Br)c2c(c1)OCCO2. The Balaban J connectivity index is 2.28. The van der Waals surface area contributed by atoms with Gasteiger partial charge in [-0.2, -0.15) is 0 Å². The van der Waals surface area contributed by atoms with Gasteiger partial charge < -0.3 is 14.0 Å². The van der Waals surface area contributed by atoms with Crippen LogP contribution in [0.25, 0.3) is 0 Å². The van der Waals surface area contributed by atoms with Crippen LogP contribution in [0.2, 0.25) is 0 Å². The van der Waals surface area contributed by atoms with Crippen LogP contribution >= 0.6 is 15.9 Å². The minimum Gasteiger partial charge on any atom is -0.598 e. The molecule has 1 aromatic carbocycles. The van der Waals surface area contributed by atoms with Crippen LogP contribution in [0.4, 0.5) is 0 Å². The third-order valence-electron chi connectivity index (χ3n) is 3.23. The molecule has 1 aliphatic heterocycles. The summed E-state index contributed by atoms with van der Waals surface area (Å²) in [5.41, 5.74) is 0.994. The van der Waals surface area contributed by atoms with Crippen molar-refractivity contribution in [3.05, 3.63) is 34.8 Å². The maximum atomic E-state index is 12.4. The first-order valence-corrected chi connectivity index (χ1v) is 9.15. The summed E-state index contributed by atoms with van der Waals surface area (Å²) in [4.78, 5) is 0. The molecule has 2 rings (SSSR count). The van der Waals surface area contributed by atoms with Crippen LogP contribution in [0, 0.1) is 0 Å². The fraction of sp³-hybridized carbons (Fsp3) is 0.500. The van der Waals surface area contributed by atoms with Gasteiger partial charge in [-0.1, -0.05) is 6.08 Å². The van der Waals surface area contributed by atoms with E-state index in [4.69, 9.17) is 9.47 Å². The highest BCUT2D eigenvalue weighted by Crippen LogP contribution is 2.40. The molecule has 6 heteroatoms. The molecule has 0 radical (unpaired) electrons. The van der Waals surface area contributed by atoms with Gasteiger partial charge in [0.25, 0.3) is 0 Å². The van der Waals surface area contributed by atoms with Crippen molar-refractivity contribution in [3.63, 3.8) is 0 Å². The Hall–Kier alpha value is -0.690. The molecule has 0 fully saturated rings. The van der Waals surface area contributed by atoms with Crippen molar-refractivity contribution in [2.45, 2.75) is 38.0 Å². The Kier molecular flexibility index (Phi) is 5.82. The topological polar surface area (TPSA) is 53.5 Å². The van der Waals surface area contributed by atoms with Crippen LogP contribution in [0.5, 0.6) is 11.5 Å². The molecule has 0 bridgehead atoms. The normalized spacial score (nSPS) is 17.0. The molecule has 22 heavy (non-hydrogen) atoms. The fourth-order valence-electron chi connectivity index (χ4n) is 2.06. The lowest BCUT2D eigenvalue weighted by Gasteiger charge is -2.28. The highest BCUT2D eigenvalue weighted by molar-refractivity contribution is 9.10. The monoisotopic (exact) mass is 387 g/mol. The standard InChI is InChI=1S/C16H22BrNO3S/c1-5-6-13(18-22(19)16(2,3)4)11-9-12(17)15-14(10-11)20-7-8-21-15/h5,9-10,13,18H,1,6-8H2,2-4H3/t13-,22?/m0/s1. The Morgan fingerprint density at radius 2 is 2.09 bits per heavy atom. The molecule has 1 N–H and O–H groups in total. The summed E-state index contributed by atoms with van der Waals surface area (Å²) in [5.74, 6) is 1.44. The van der Waals surface area contributed by atoms with E-state index in [1.54, 1.807) is 0 Å². The summed E-state index contributed by atoms with van der Waals surface area (Å²) in [6.45, 7) is 10.7. The van der Waals surface area contributed by atoms with Gasteiger partial charge in [-0.15, -0.1) is 11.3 Å².